The highest BCUT2D eigenvalue weighted by Crippen LogP contribution is 2.36. The summed E-state index contributed by atoms with van der Waals surface area (Å²) in [7, 11) is 1.45. The topological polar surface area (TPSA) is 103 Å². The van der Waals surface area contributed by atoms with Crippen LogP contribution >= 0.6 is 11.6 Å². The van der Waals surface area contributed by atoms with Crippen LogP contribution in [0.4, 0.5) is 11.4 Å². The van der Waals surface area contributed by atoms with Crippen molar-refractivity contribution in [3.63, 3.8) is 0 Å². The van der Waals surface area contributed by atoms with Crippen LogP contribution in [0.2, 0.25) is 5.02 Å². The Kier molecular flexibility index (Phi) is 8.54. The molecule has 0 atom stereocenters. The number of amides is 1. The number of benzene rings is 3. The Morgan fingerprint density at radius 2 is 1.58 bits per heavy atom. The molecule has 0 aromatic heterocycles. The van der Waals surface area contributed by atoms with Gasteiger partial charge in [-0.1, -0.05) is 23.7 Å². The average Bonchev–Trinajstić information content (AvgIpc) is 2.87. The number of nitrogens with one attached hydrogen (secondary N) is 1. The van der Waals surface area contributed by atoms with E-state index in [4.69, 9.17) is 30.5 Å². The van der Waals surface area contributed by atoms with E-state index in [0.717, 1.165) is 4.31 Å². The summed E-state index contributed by atoms with van der Waals surface area (Å²) in [6.45, 7) is 1.21. The van der Waals surface area contributed by atoms with Gasteiger partial charge in [-0.2, -0.15) is 0 Å². The summed E-state index contributed by atoms with van der Waals surface area (Å²) in [5, 5.41) is 2.98. The fraction of sp³-hybridized carbons (Fsp3) is 0.240. The first-order valence-corrected chi connectivity index (χ1v) is 12.5. The van der Waals surface area contributed by atoms with Gasteiger partial charge in [0.1, 0.15) is 34.4 Å². The molecule has 0 bridgehead atoms. The number of sulfonamides is 1. The van der Waals surface area contributed by atoms with Crippen LogP contribution in [0, 0.1) is 6.92 Å². The van der Waals surface area contributed by atoms with Crippen molar-refractivity contribution in [3.05, 3.63) is 65.2 Å². The van der Waals surface area contributed by atoms with Crippen molar-refractivity contribution >= 4 is 38.9 Å². The number of aryl methyl sites for hydroxylation is 1. The van der Waals surface area contributed by atoms with Crippen LogP contribution in [0.25, 0.3) is 0 Å². The van der Waals surface area contributed by atoms with Gasteiger partial charge in [-0.25, -0.2) is 8.42 Å². The minimum atomic E-state index is -4.25. The largest absolute Gasteiger partial charge is 0.497 e. The van der Waals surface area contributed by atoms with Gasteiger partial charge in [0, 0.05) is 18.2 Å². The van der Waals surface area contributed by atoms with Crippen molar-refractivity contribution < 1.29 is 32.2 Å². The van der Waals surface area contributed by atoms with Gasteiger partial charge in [0.05, 0.1) is 44.8 Å². The van der Waals surface area contributed by atoms with Crippen molar-refractivity contribution in [2.75, 3.05) is 44.6 Å². The molecule has 3 aromatic carbocycles. The van der Waals surface area contributed by atoms with Crippen molar-refractivity contribution in [3.8, 4) is 23.0 Å². The predicted octanol–water partition coefficient (Wildman–Crippen LogP) is 4.52. The van der Waals surface area contributed by atoms with Gasteiger partial charge >= 0.3 is 0 Å². The number of carbonyl (C=O) groups excluding carboxylic acids is 1. The second kappa shape index (κ2) is 11.4. The predicted molar refractivity (Wildman–Crippen MR) is 138 cm³/mol. The lowest BCUT2D eigenvalue weighted by Crippen LogP contribution is -2.38. The zero-order chi connectivity index (χ0) is 26.5. The molecule has 0 aliphatic carbocycles. The van der Waals surface area contributed by atoms with E-state index in [1.54, 1.807) is 37.3 Å². The summed E-state index contributed by atoms with van der Waals surface area (Å²) in [6, 6.07) is 14.2. The summed E-state index contributed by atoms with van der Waals surface area (Å²) in [5.74, 6) is 0.543. The Morgan fingerprint density at radius 3 is 2.22 bits per heavy atom. The molecule has 11 heteroatoms. The van der Waals surface area contributed by atoms with Crippen molar-refractivity contribution in [2.45, 2.75) is 11.8 Å². The summed E-state index contributed by atoms with van der Waals surface area (Å²) in [5.41, 5.74) is 1.20. The Balaban J connectivity index is 2.06. The van der Waals surface area contributed by atoms with Crippen LogP contribution < -0.4 is 28.6 Å². The first-order valence-electron chi connectivity index (χ1n) is 10.7. The monoisotopic (exact) mass is 534 g/mol. The first kappa shape index (κ1) is 27.0. The lowest BCUT2D eigenvalue weighted by molar-refractivity contribution is -0.114. The van der Waals surface area contributed by atoms with E-state index in [2.05, 4.69) is 5.32 Å². The van der Waals surface area contributed by atoms with Crippen LogP contribution in [0.3, 0.4) is 0 Å². The maximum atomic E-state index is 13.9. The molecule has 3 aromatic rings. The van der Waals surface area contributed by atoms with E-state index in [1.807, 2.05) is 0 Å². The van der Waals surface area contributed by atoms with Crippen molar-refractivity contribution in [1.82, 2.24) is 0 Å². The second-order valence-electron chi connectivity index (χ2n) is 7.60. The zero-order valence-electron chi connectivity index (χ0n) is 20.5. The lowest BCUT2D eigenvalue weighted by Gasteiger charge is -2.25. The average molecular weight is 535 g/mol. The third-order valence-electron chi connectivity index (χ3n) is 5.26. The number of nitrogens with zero attached hydrogens (tertiary/aromatic N) is 1. The normalized spacial score (nSPS) is 10.9. The molecule has 0 saturated heterocycles. The highest BCUT2D eigenvalue weighted by molar-refractivity contribution is 7.93. The number of hydrogen-bond acceptors (Lipinski definition) is 7. The Bertz CT molecular complexity index is 1360. The van der Waals surface area contributed by atoms with Gasteiger partial charge in [0.25, 0.3) is 10.0 Å². The Hall–Kier alpha value is -3.63. The standard InChI is InChI=1S/C25H27ClN2O7S/c1-16-9-10-21(33-3)24(11-16)36(30,31)28(17-7-6-8-18(12-17)32-2)15-25(29)27-20-14-22(34-4)19(26)13-23(20)35-5/h6-14H,15H2,1-5H3,(H,27,29). The summed E-state index contributed by atoms with van der Waals surface area (Å²) in [4.78, 5) is 13.1. The third kappa shape index (κ3) is 5.77. The lowest BCUT2D eigenvalue weighted by atomic mass is 10.2. The fourth-order valence-electron chi connectivity index (χ4n) is 3.46. The fourth-order valence-corrected chi connectivity index (χ4v) is 5.35. The molecule has 0 aliphatic heterocycles. The van der Waals surface area contributed by atoms with E-state index in [9.17, 15) is 13.2 Å². The van der Waals surface area contributed by atoms with E-state index < -0.39 is 22.5 Å². The molecule has 0 fully saturated rings. The number of rotatable bonds is 10. The van der Waals surface area contributed by atoms with E-state index in [-0.39, 0.29) is 27.8 Å². The van der Waals surface area contributed by atoms with Crippen LogP contribution in [-0.4, -0.2) is 49.3 Å². The molecule has 3 rings (SSSR count). The smallest absolute Gasteiger partial charge is 0.268 e. The third-order valence-corrected chi connectivity index (χ3v) is 7.35. The Morgan fingerprint density at radius 1 is 0.889 bits per heavy atom. The van der Waals surface area contributed by atoms with Crippen LogP contribution in [0.15, 0.2) is 59.5 Å². The second-order valence-corrected chi connectivity index (χ2v) is 9.84. The summed E-state index contributed by atoms with van der Waals surface area (Å²) in [6.07, 6.45) is 0. The summed E-state index contributed by atoms with van der Waals surface area (Å²) >= 11 is 6.15. The Labute approximate surface area is 215 Å². The molecule has 1 amide bonds. The number of halogens is 1. The van der Waals surface area contributed by atoms with Gasteiger partial charge in [0.2, 0.25) is 5.91 Å². The molecule has 36 heavy (non-hydrogen) atoms. The van der Waals surface area contributed by atoms with Gasteiger partial charge in [-0.15, -0.1) is 0 Å². The van der Waals surface area contributed by atoms with Crippen LogP contribution in [0.5, 0.6) is 23.0 Å². The highest BCUT2D eigenvalue weighted by Gasteiger charge is 2.31. The van der Waals surface area contributed by atoms with Crippen molar-refractivity contribution in [1.29, 1.82) is 0 Å². The van der Waals surface area contributed by atoms with Crippen LogP contribution in [-0.2, 0) is 14.8 Å². The van der Waals surface area contributed by atoms with E-state index in [0.29, 0.717) is 22.1 Å². The molecule has 1 N–H and O–H groups in total. The minimum Gasteiger partial charge on any atom is -0.497 e. The summed E-state index contributed by atoms with van der Waals surface area (Å²) < 4.78 is 49.9. The first-order chi connectivity index (χ1) is 17.1. The number of methoxy groups -OCH3 is 4. The SMILES string of the molecule is COc1cccc(N(CC(=O)Nc2cc(OC)c(Cl)cc2OC)S(=O)(=O)c2cc(C)ccc2OC)c1. The maximum absolute atomic E-state index is 13.9. The van der Waals surface area contributed by atoms with Crippen LogP contribution in [0.1, 0.15) is 5.56 Å². The quantitative estimate of drug-likeness (QED) is 0.408. The molecule has 9 nitrogen and oxygen atoms in total. The molecule has 0 saturated carbocycles. The number of hydrogen-bond donors (Lipinski definition) is 1. The molecular weight excluding hydrogens is 508 g/mol. The number of anilines is 2. The number of carbonyl (C=O) groups is 1. The minimum absolute atomic E-state index is 0.0774. The zero-order valence-corrected chi connectivity index (χ0v) is 22.1. The molecule has 192 valence electrons. The highest BCUT2D eigenvalue weighted by atomic mass is 35.5. The maximum Gasteiger partial charge on any atom is 0.268 e. The van der Waals surface area contributed by atoms with Gasteiger partial charge < -0.3 is 24.3 Å². The van der Waals surface area contributed by atoms with Gasteiger partial charge in [0.15, 0.2) is 0 Å². The molecular formula is C25H27ClN2O7S. The van der Waals surface area contributed by atoms with E-state index >= 15 is 0 Å². The molecule has 0 heterocycles. The van der Waals surface area contributed by atoms with Gasteiger partial charge in [-0.05, 0) is 36.8 Å². The van der Waals surface area contributed by atoms with E-state index in [1.165, 1.54) is 52.7 Å². The molecule has 0 radical (unpaired) electrons. The van der Waals surface area contributed by atoms with Gasteiger partial charge in [-0.3, -0.25) is 9.10 Å². The number of ether oxygens (including phenoxy) is 4. The molecule has 0 aliphatic rings. The van der Waals surface area contributed by atoms with Crippen molar-refractivity contribution in [2.24, 2.45) is 0 Å². The molecule has 0 unspecified atom stereocenters. The molecule has 0 spiro atoms.